The molecule has 0 aromatic carbocycles. The third-order valence-electron chi connectivity index (χ3n) is 5.05. The largest absolute Gasteiger partial charge is 0.380 e. The molecule has 1 heterocycles. The van der Waals surface area contributed by atoms with Crippen molar-refractivity contribution in [2.45, 2.75) is 52.0 Å². The summed E-state index contributed by atoms with van der Waals surface area (Å²) >= 11 is 0. The smallest absolute Gasteiger partial charge is 0.0622 e. The summed E-state index contributed by atoms with van der Waals surface area (Å²) in [5.74, 6) is 0.889. The summed E-state index contributed by atoms with van der Waals surface area (Å²) in [4.78, 5) is 2.57. The van der Waals surface area contributed by atoms with Crippen molar-refractivity contribution < 1.29 is 4.74 Å². The zero-order chi connectivity index (χ0) is 13.7. The number of nitrogens with one attached hydrogen (secondary N) is 1. The summed E-state index contributed by atoms with van der Waals surface area (Å²) in [6.45, 7) is 10.0. The Morgan fingerprint density at radius 2 is 2.21 bits per heavy atom. The van der Waals surface area contributed by atoms with Gasteiger partial charge in [-0.15, -0.1) is 0 Å². The Morgan fingerprint density at radius 1 is 1.37 bits per heavy atom. The lowest BCUT2D eigenvalue weighted by molar-refractivity contribution is 0.0676. The summed E-state index contributed by atoms with van der Waals surface area (Å²) in [6.07, 6.45) is 6.81. The highest BCUT2D eigenvalue weighted by Crippen LogP contribution is 2.40. The van der Waals surface area contributed by atoms with Crippen LogP contribution >= 0.6 is 0 Å². The van der Waals surface area contributed by atoms with Crippen molar-refractivity contribution >= 4 is 0 Å². The number of likely N-dealkylation sites (N-methyl/N-ethyl adjacent to an activating group) is 1. The summed E-state index contributed by atoms with van der Waals surface area (Å²) in [7, 11) is 2.30. The van der Waals surface area contributed by atoms with Crippen molar-refractivity contribution in [3.63, 3.8) is 0 Å². The van der Waals surface area contributed by atoms with E-state index in [2.05, 4.69) is 31.1 Å². The Bertz CT molecular complexity index is 265. The number of hydrogen-bond acceptors (Lipinski definition) is 3. The van der Waals surface area contributed by atoms with Crippen molar-refractivity contribution in [3.8, 4) is 0 Å². The Hall–Kier alpha value is -0.120. The van der Waals surface area contributed by atoms with Gasteiger partial charge in [-0.25, -0.2) is 0 Å². The van der Waals surface area contributed by atoms with Gasteiger partial charge >= 0.3 is 0 Å². The number of hydrogen-bond donors (Lipinski definition) is 1. The molecular weight excluding hydrogens is 236 g/mol. The van der Waals surface area contributed by atoms with Gasteiger partial charge in [0.15, 0.2) is 0 Å². The van der Waals surface area contributed by atoms with Crippen molar-refractivity contribution in [3.05, 3.63) is 0 Å². The molecule has 1 N–H and O–H groups in total. The molecule has 0 aromatic heterocycles. The van der Waals surface area contributed by atoms with Gasteiger partial charge in [0.1, 0.15) is 0 Å². The normalized spacial score (nSPS) is 36.0. The molecule has 3 nitrogen and oxygen atoms in total. The van der Waals surface area contributed by atoms with Crippen LogP contribution in [-0.4, -0.2) is 50.8 Å². The summed E-state index contributed by atoms with van der Waals surface area (Å²) in [5.41, 5.74) is 0.491. The third kappa shape index (κ3) is 4.17. The Balaban J connectivity index is 1.95. The molecule has 0 aromatic rings. The second-order valence-corrected chi connectivity index (χ2v) is 6.91. The molecule has 3 unspecified atom stereocenters. The minimum Gasteiger partial charge on any atom is -0.380 e. The van der Waals surface area contributed by atoms with Crippen LogP contribution in [0.25, 0.3) is 0 Å². The van der Waals surface area contributed by atoms with Crippen molar-refractivity contribution in [2.24, 2.45) is 11.3 Å². The van der Waals surface area contributed by atoms with Gasteiger partial charge in [0.25, 0.3) is 0 Å². The fraction of sp³-hybridized carbons (Fsp3) is 1.00. The second kappa shape index (κ2) is 7.05. The maximum atomic E-state index is 5.55. The zero-order valence-electron chi connectivity index (χ0n) is 13.1. The number of rotatable bonds is 6. The first-order valence-corrected chi connectivity index (χ1v) is 8.14. The zero-order valence-corrected chi connectivity index (χ0v) is 13.1. The number of ether oxygens (including phenoxy) is 1. The van der Waals surface area contributed by atoms with Crippen molar-refractivity contribution in [2.75, 3.05) is 39.9 Å². The van der Waals surface area contributed by atoms with Crippen LogP contribution < -0.4 is 5.32 Å². The van der Waals surface area contributed by atoms with E-state index in [1.807, 2.05) is 0 Å². The Morgan fingerprint density at radius 3 is 2.84 bits per heavy atom. The van der Waals surface area contributed by atoms with E-state index in [1.165, 1.54) is 45.2 Å². The monoisotopic (exact) mass is 268 g/mol. The van der Waals surface area contributed by atoms with E-state index >= 15 is 0 Å². The molecule has 1 aliphatic carbocycles. The summed E-state index contributed by atoms with van der Waals surface area (Å²) < 4.78 is 5.55. The fourth-order valence-corrected chi connectivity index (χ4v) is 4.05. The van der Waals surface area contributed by atoms with E-state index in [0.717, 1.165) is 25.7 Å². The van der Waals surface area contributed by atoms with Gasteiger partial charge in [-0.3, -0.25) is 0 Å². The van der Waals surface area contributed by atoms with E-state index in [-0.39, 0.29) is 0 Å². The van der Waals surface area contributed by atoms with Crippen LogP contribution in [0.2, 0.25) is 0 Å². The minimum absolute atomic E-state index is 0.491. The summed E-state index contributed by atoms with van der Waals surface area (Å²) in [5, 5.41) is 3.62. The molecule has 3 atom stereocenters. The number of nitrogens with zero attached hydrogens (tertiary/aromatic N) is 1. The molecule has 1 saturated carbocycles. The second-order valence-electron chi connectivity index (χ2n) is 6.91. The van der Waals surface area contributed by atoms with Crippen LogP contribution in [0.3, 0.4) is 0 Å². The first kappa shape index (κ1) is 15.3. The van der Waals surface area contributed by atoms with Crippen molar-refractivity contribution in [1.82, 2.24) is 10.2 Å². The molecule has 1 saturated heterocycles. The highest BCUT2D eigenvalue weighted by atomic mass is 16.5. The third-order valence-corrected chi connectivity index (χ3v) is 5.05. The molecule has 2 fully saturated rings. The predicted octanol–water partition coefficient (Wildman–Crippen LogP) is 2.51. The van der Waals surface area contributed by atoms with E-state index < -0.39 is 0 Å². The topological polar surface area (TPSA) is 24.5 Å². The van der Waals surface area contributed by atoms with Gasteiger partial charge in [-0.2, -0.15) is 0 Å². The van der Waals surface area contributed by atoms with Gasteiger partial charge in [0.2, 0.25) is 0 Å². The van der Waals surface area contributed by atoms with Crippen LogP contribution in [0.4, 0.5) is 0 Å². The lowest BCUT2D eigenvalue weighted by atomic mass is 9.69. The van der Waals surface area contributed by atoms with Gasteiger partial charge in [0.05, 0.1) is 6.61 Å². The predicted molar refractivity (Wildman–Crippen MR) is 80.5 cm³/mol. The lowest BCUT2D eigenvalue weighted by Crippen LogP contribution is -2.48. The highest BCUT2D eigenvalue weighted by Gasteiger charge is 2.37. The minimum atomic E-state index is 0.491. The maximum absolute atomic E-state index is 5.55. The Kier molecular flexibility index (Phi) is 5.67. The maximum Gasteiger partial charge on any atom is 0.0622 e. The average Bonchev–Trinajstić information content (AvgIpc) is 2.90. The molecule has 112 valence electrons. The molecule has 0 amide bonds. The molecule has 2 aliphatic rings. The SMILES string of the molecule is CCNCC1(CN(C)C2CCOC2)CCCC(C)C1. The van der Waals surface area contributed by atoms with Gasteiger partial charge in [-0.05, 0) is 44.2 Å². The Labute approximate surface area is 119 Å². The quantitative estimate of drug-likeness (QED) is 0.801. The van der Waals surface area contributed by atoms with Gasteiger partial charge in [-0.1, -0.05) is 26.7 Å². The standard InChI is InChI=1S/C16H32N2O/c1-4-17-12-16(8-5-6-14(2)10-16)13-18(3)15-7-9-19-11-15/h14-15,17H,4-13H2,1-3H3. The molecule has 19 heavy (non-hydrogen) atoms. The van der Waals surface area contributed by atoms with E-state index in [4.69, 9.17) is 4.74 Å². The summed E-state index contributed by atoms with van der Waals surface area (Å²) in [6, 6.07) is 0.649. The lowest BCUT2D eigenvalue weighted by Gasteiger charge is -2.44. The van der Waals surface area contributed by atoms with Gasteiger partial charge < -0.3 is 15.0 Å². The van der Waals surface area contributed by atoms with E-state index in [0.29, 0.717) is 11.5 Å². The molecule has 0 radical (unpaired) electrons. The van der Waals surface area contributed by atoms with E-state index in [9.17, 15) is 0 Å². The highest BCUT2D eigenvalue weighted by molar-refractivity contribution is 4.91. The van der Waals surface area contributed by atoms with Crippen LogP contribution in [0, 0.1) is 11.3 Å². The van der Waals surface area contributed by atoms with Crippen LogP contribution in [0.15, 0.2) is 0 Å². The van der Waals surface area contributed by atoms with Crippen LogP contribution in [-0.2, 0) is 4.74 Å². The average molecular weight is 268 g/mol. The molecule has 3 heteroatoms. The first-order valence-electron chi connectivity index (χ1n) is 8.14. The van der Waals surface area contributed by atoms with Gasteiger partial charge in [0, 0.05) is 25.7 Å². The molecule has 2 rings (SSSR count). The molecule has 0 spiro atoms. The first-order chi connectivity index (χ1) is 9.15. The molecular formula is C16H32N2O. The van der Waals surface area contributed by atoms with Crippen molar-refractivity contribution in [1.29, 1.82) is 0 Å². The van der Waals surface area contributed by atoms with E-state index in [1.54, 1.807) is 0 Å². The molecule has 1 aliphatic heterocycles. The molecule has 0 bridgehead atoms. The van der Waals surface area contributed by atoms with Crippen LogP contribution in [0.5, 0.6) is 0 Å². The fourth-order valence-electron chi connectivity index (χ4n) is 4.05. The van der Waals surface area contributed by atoms with Crippen LogP contribution in [0.1, 0.15) is 46.0 Å².